The molecule has 1 aliphatic heterocycles. The van der Waals surface area contributed by atoms with E-state index in [0.717, 1.165) is 46.9 Å². The minimum atomic E-state index is -0.417. The first kappa shape index (κ1) is 17.8. The molecule has 0 unspecified atom stereocenters. The number of rotatable bonds is 4. The number of nitrogens with zero attached hydrogens (tertiary/aromatic N) is 6. The van der Waals surface area contributed by atoms with Gasteiger partial charge in [-0.05, 0) is 30.7 Å². The van der Waals surface area contributed by atoms with E-state index in [1.54, 1.807) is 6.20 Å². The number of imidazole rings is 1. The van der Waals surface area contributed by atoms with Gasteiger partial charge in [-0.1, -0.05) is 24.3 Å². The van der Waals surface area contributed by atoms with Crippen molar-refractivity contribution in [2.24, 2.45) is 13.0 Å². The molecule has 1 aromatic carbocycles. The number of β-amino-alcohol motifs (C(OH)–C–C–N with tert-alkyl or cyclic N) is 1. The summed E-state index contributed by atoms with van der Waals surface area (Å²) in [5, 5.41) is 20.4. The zero-order valence-corrected chi connectivity index (χ0v) is 16.2. The third-order valence-corrected chi connectivity index (χ3v) is 5.56. The van der Waals surface area contributed by atoms with Crippen LogP contribution in [0.5, 0.6) is 0 Å². The second kappa shape index (κ2) is 7.25. The summed E-state index contributed by atoms with van der Waals surface area (Å²) < 4.78 is 1.91. The van der Waals surface area contributed by atoms with Crippen LogP contribution in [0.1, 0.15) is 5.69 Å². The largest absolute Gasteiger partial charge is 0.391 e. The first-order valence-electron chi connectivity index (χ1n) is 9.76. The van der Waals surface area contributed by atoms with E-state index in [1.165, 1.54) is 0 Å². The second-order valence-electron chi connectivity index (χ2n) is 7.57. The topological polar surface area (TPSA) is 80.0 Å². The Morgan fingerprint density at radius 2 is 1.93 bits per heavy atom. The summed E-state index contributed by atoms with van der Waals surface area (Å²) in [5.74, 6) is 1.67. The Kier molecular flexibility index (Phi) is 4.44. The lowest BCUT2D eigenvalue weighted by molar-refractivity contribution is 0.148. The number of para-hydroxylation sites is 1. The molecule has 0 radical (unpaired) electrons. The van der Waals surface area contributed by atoms with Gasteiger partial charge in [-0.3, -0.25) is 4.98 Å². The lowest BCUT2D eigenvalue weighted by Gasteiger charge is -2.16. The van der Waals surface area contributed by atoms with Crippen molar-refractivity contribution in [2.45, 2.75) is 12.5 Å². The van der Waals surface area contributed by atoms with E-state index < -0.39 is 6.10 Å². The molecular formula is C22H22N6O. The van der Waals surface area contributed by atoms with Gasteiger partial charge in [0.05, 0.1) is 11.6 Å². The monoisotopic (exact) mass is 386 g/mol. The van der Waals surface area contributed by atoms with Gasteiger partial charge >= 0.3 is 0 Å². The van der Waals surface area contributed by atoms with Crippen LogP contribution in [-0.4, -0.2) is 49.0 Å². The van der Waals surface area contributed by atoms with Crippen molar-refractivity contribution in [3.63, 3.8) is 0 Å². The Morgan fingerprint density at radius 1 is 1.03 bits per heavy atom. The molecule has 1 N–H and O–H groups in total. The Balaban J connectivity index is 1.30. The number of fused-ring (bicyclic) bond motifs is 1. The van der Waals surface area contributed by atoms with Crippen molar-refractivity contribution < 1.29 is 5.11 Å². The molecule has 2 atom stereocenters. The average molecular weight is 386 g/mol. The molecular weight excluding hydrogens is 364 g/mol. The van der Waals surface area contributed by atoms with Crippen LogP contribution >= 0.6 is 0 Å². The molecule has 4 aromatic rings. The molecule has 0 saturated carbocycles. The molecule has 5 rings (SSSR count). The summed E-state index contributed by atoms with van der Waals surface area (Å²) in [5.41, 5.74) is 2.73. The van der Waals surface area contributed by atoms with Crippen LogP contribution in [0.25, 0.3) is 22.4 Å². The lowest BCUT2D eigenvalue weighted by Crippen LogP contribution is -2.22. The number of hydrogen-bond donors (Lipinski definition) is 1. The Morgan fingerprint density at radius 3 is 2.72 bits per heavy atom. The summed E-state index contributed by atoms with van der Waals surface area (Å²) in [6.45, 7) is 1.28. The molecule has 4 heterocycles. The lowest BCUT2D eigenvalue weighted by atomic mass is 9.99. The number of aromatic nitrogens is 5. The standard InChI is InChI=1S/C22H22N6O/c1-27-11-10-23-22(27)19-8-9-21(26-25-19)28-13-16(20(29)14-28)12-17-7-6-15-4-2-3-5-18(15)24-17/h2-11,16,20,29H,12-14H2,1H3/t16-,20-/m1/s1. The number of hydrogen-bond acceptors (Lipinski definition) is 6. The summed E-state index contributed by atoms with van der Waals surface area (Å²) in [6.07, 6.45) is 3.95. The Hall–Kier alpha value is -3.32. The highest BCUT2D eigenvalue weighted by molar-refractivity contribution is 5.78. The van der Waals surface area contributed by atoms with E-state index in [0.29, 0.717) is 6.54 Å². The molecule has 0 amide bonds. The molecule has 1 saturated heterocycles. The highest BCUT2D eigenvalue weighted by Crippen LogP contribution is 2.26. The second-order valence-corrected chi connectivity index (χ2v) is 7.57. The molecule has 0 bridgehead atoms. The molecule has 0 aliphatic carbocycles. The fraction of sp³-hybridized carbons (Fsp3) is 0.273. The zero-order chi connectivity index (χ0) is 19.8. The Bertz CT molecular complexity index is 1140. The number of aliphatic hydroxyl groups excluding tert-OH is 1. The van der Waals surface area contributed by atoms with Gasteiger partial charge in [-0.2, -0.15) is 0 Å². The minimum Gasteiger partial charge on any atom is -0.391 e. The van der Waals surface area contributed by atoms with E-state index in [1.807, 2.05) is 48.1 Å². The van der Waals surface area contributed by atoms with Crippen LogP contribution in [0, 0.1) is 5.92 Å². The maximum absolute atomic E-state index is 10.6. The van der Waals surface area contributed by atoms with Crippen molar-refractivity contribution in [1.82, 2.24) is 24.7 Å². The Labute approximate surface area is 168 Å². The molecule has 29 heavy (non-hydrogen) atoms. The molecule has 7 heteroatoms. The average Bonchev–Trinajstić information content (AvgIpc) is 3.34. The van der Waals surface area contributed by atoms with Crippen LogP contribution in [0.3, 0.4) is 0 Å². The fourth-order valence-corrected chi connectivity index (χ4v) is 3.96. The number of pyridine rings is 1. The van der Waals surface area contributed by atoms with Crippen LogP contribution in [0.15, 0.2) is 60.9 Å². The predicted octanol–water partition coefficient (Wildman–Crippen LogP) is 2.47. The molecule has 1 fully saturated rings. The van der Waals surface area contributed by atoms with Crippen molar-refractivity contribution in [3.8, 4) is 11.5 Å². The third-order valence-electron chi connectivity index (χ3n) is 5.56. The van der Waals surface area contributed by atoms with Gasteiger partial charge in [-0.25, -0.2) is 4.98 Å². The van der Waals surface area contributed by atoms with Crippen LogP contribution < -0.4 is 4.90 Å². The number of anilines is 1. The first-order chi connectivity index (χ1) is 14.2. The van der Waals surface area contributed by atoms with Gasteiger partial charge in [0.25, 0.3) is 0 Å². The van der Waals surface area contributed by atoms with E-state index in [9.17, 15) is 5.11 Å². The van der Waals surface area contributed by atoms with Crippen LogP contribution in [0.4, 0.5) is 5.82 Å². The van der Waals surface area contributed by atoms with E-state index >= 15 is 0 Å². The van der Waals surface area contributed by atoms with Crippen LogP contribution in [-0.2, 0) is 13.5 Å². The predicted molar refractivity (Wildman–Crippen MR) is 111 cm³/mol. The van der Waals surface area contributed by atoms with Gasteiger partial charge in [0.1, 0.15) is 5.69 Å². The van der Waals surface area contributed by atoms with E-state index in [-0.39, 0.29) is 5.92 Å². The first-order valence-corrected chi connectivity index (χ1v) is 9.76. The van der Waals surface area contributed by atoms with Crippen molar-refractivity contribution >= 4 is 16.7 Å². The SMILES string of the molecule is Cn1ccnc1-c1ccc(N2C[C@@H](Cc3ccc4ccccc4n3)[C@H](O)C2)nn1. The summed E-state index contributed by atoms with van der Waals surface area (Å²) in [7, 11) is 1.93. The highest BCUT2D eigenvalue weighted by atomic mass is 16.3. The zero-order valence-electron chi connectivity index (χ0n) is 16.2. The molecule has 7 nitrogen and oxygen atoms in total. The minimum absolute atomic E-state index is 0.111. The maximum atomic E-state index is 10.6. The van der Waals surface area contributed by atoms with E-state index in [4.69, 9.17) is 4.98 Å². The quantitative estimate of drug-likeness (QED) is 0.580. The summed E-state index contributed by atoms with van der Waals surface area (Å²) >= 11 is 0. The summed E-state index contributed by atoms with van der Waals surface area (Å²) in [6, 6.07) is 16.1. The number of aliphatic hydroxyl groups is 1. The van der Waals surface area contributed by atoms with Crippen LogP contribution in [0.2, 0.25) is 0 Å². The number of benzene rings is 1. The molecule has 146 valence electrons. The van der Waals surface area contributed by atoms with Gasteiger partial charge in [0.2, 0.25) is 0 Å². The fourth-order valence-electron chi connectivity index (χ4n) is 3.96. The molecule has 3 aromatic heterocycles. The van der Waals surface area contributed by atoms with Crippen molar-refractivity contribution in [2.75, 3.05) is 18.0 Å². The summed E-state index contributed by atoms with van der Waals surface area (Å²) in [4.78, 5) is 11.1. The molecule has 1 aliphatic rings. The maximum Gasteiger partial charge on any atom is 0.160 e. The van der Waals surface area contributed by atoms with Gasteiger partial charge in [0, 0.05) is 49.5 Å². The van der Waals surface area contributed by atoms with Gasteiger partial charge in [0.15, 0.2) is 11.6 Å². The highest BCUT2D eigenvalue weighted by Gasteiger charge is 2.32. The van der Waals surface area contributed by atoms with Crippen molar-refractivity contribution in [3.05, 3.63) is 66.6 Å². The van der Waals surface area contributed by atoms with E-state index in [2.05, 4.69) is 38.3 Å². The third kappa shape index (κ3) is 3.45. The smallest absolute Gasteiger partial charge is 0.160 e. The van der Waals surface area contributed by atoms with Gasteiger partial charge < -0.3 is 14.6 Å². The van der Waals surface area contributed by atoms with Gasteiger partial charge in [-0.15, -0.1) is 10.2 Å². The normalized spacial score (nSPS) is 19.2. The van der Waals surface area contributed by atoms with Crippen molar-refractivity contribution in [1.29, 1.82) is 0 Å². The molecule has 0 spiro atoms. The number of aryl methyl sites for hydroxylation is 1.